The first-order valence-corrected chi connectivity index (χ1v) is 7.19. The lowest BCUT2D eigenvalue weighted by Gasteiger charge is -2.21. The minimum absolute atomic E-state index is 0.00197. The lowest BCUT2D eigenvalue weighted by molar-refractivity contribution is 0.480. The van der Waals surface area contributed by atoms with Crippen LogP contribution in [0.2, 0.25) is 0 Å². The SMILES string of the molecule is CC(C)CC(N)CCS(=O)(=O)C(C)(C)C. The summed E-state index contributed by atoms with van der Waals surface area (Å²) >= 11 is 0. The van der Waals surface area contributed by atoms with Gasteiger partial charge in [0.05, 0.1) is 10.5 Å². The summed E-state index contributed by atoms with van der Waals surface area (Å²) in [6.07, 6.45) is 1.46. The van der Waals surface area contributed by atoms with E-state index in [0.717, 1.165) is 6.42 Å². The molecule has 0 bridgehead atoms. The van der Waals surface area contributed by atoms with Gasteiger partial charge in [-0.1, -0.05) is 13.8 Å². The zero-order chi connectivity index (χ0) is 12.3. The van der Waals surface area contributed by atoms with Crippen LogP contribution in [0.4, 0.5) is 0 Å². The van der Waals surface area contributed by atoms with Crippen molar-refractivity contribution < 1.29 is 8.42 Å². The summed E-state index contributed by atoms with van der Waals surface area (Å²) in [4.78, 5) is 0. The summed E-state index contributed by atoms with van der Waals surface area (Å²) in [7, 11) is -3.01. The van der Waals surface area contributed by atoms with Crippen molar-refractivity contribution in [3.05, 3.63) is 0 Å². The molecule has 0 aliphatic rings. The van der Waals surface area contributed by atoms with Crippen LogP contribution in [-0.4, -0.2) is 25.0 Å². The van der Waals surface area contributed by atoms with E-state index in [1.165, 1.54) is 0 Å². The van der Waals surface area contributed by atoms with E-state index >= 15 is 0 Å². The molecule has 0 spiro atoms. The standard InChI is InChI=1S/C11H25NO2S/c1-9(2)8-10(12)6-7-15(13,14)11(3,4)5/h9-10H,6-8,12H2,1-5H3. The Morgan fingerprint density at radius 1 is 1.20 bits per heavy atom. The highest BCUT2D eigenvalue weighted by Gasteiger charge is 2.28. The molecule has 1 atom stereocenters. The molecule has 0 saturated carbocycles. The average Bonchev–Trinajstić information content (AvgIpc) is 1.97. The predicted octanol–water partition coefficient (Wildman–Crippen LogP) is 1.96. The van der Waals surface area contributed by atoms with Gasteiger partial charge < -0.3 is 5.73 Å². The Balaban J connectivity index is 4.17. The Labute approximate surface area is 94.4 Å². The Kier molecular flexibility index (Phi) is 5.27. The largest absolute Gasteiger partial charge is 0.328 e. The molecule has 0 rings (SSSR count). The van der Waals surface area contributed by atoms with E-state index in [1.54, 1.807) is 20.8 Å². The van der Waals surface area contributed by atoms with Gasteiger partial charge in [0, 0.05) is 6.04 Å². The molecule has 0 saturated heterocycles. The molecular weight excluding hydrogens is 210 g/mol. The monoisotopic (exact) mass is 235 g/mol. The molecule has 0 heterocycles. The number of nitrogens with two attached hydrogens (primary N) is 1. The lowest BCUT2D eigenvalue weighted by Crippen LogP contribution is -2.33. The number of hydrogen-bond acceptors (Lipinski definition) is 3. The van der Waals surface area contributed by atoms with Crippen molar-refractivity contribution in [2.45, 2.75) is 58.2 Å². The summed E-state index contributed by atoms with van der Waals surface area (Å²) in [6, 6.07) is 0.00197. The summed E-state index contributed by atoms with van der Waals surface area (Å²) in [5.41, 5.74) is 5.86. The second kappa shape index (κ2) is 5.30. The summed E-state index contributed by atoms with van der Waals surface area (Å²) in [5.74, 6) is 0.724. The van der Waals surface area contributed by atoms with E-state index in [-0.39, 0.29) is 11.8 Å². The fraction of sp³-hybridized carbons (Fsp3) is 1.00. The van der Waals surface area contributed by atoms with E-state index < -0.39 is 14.6 Å². The molecule has 0 fully saturated rings. The average molecular weight is 235 g/mol. The van der Waals surface area contributed by atoms with E-state index in [4.69, 9.17) is 5.73 Å². The smallest absolute Gasteiger partial charge is 0.155 e. The highest BCUT2D eigenvalue weighted by Crippen LogP contribution is 2.18. The van der Waals surface area contributed by atoms with Crippen LogP contribution in [0, 0.1) is 5.92 Å². The Morgan fingerprint density at radius 3 is 2.00 bits per heavy atom. The van der Waals surface area contributed by atoms with Gasteiger partial charge in [-0.15, -0.1) is 0 Å². The molecule has 2 N–H and O–H groups in total. The molecule has 4 heteroatoms. The van der Waals surface area contributed by atoms with Gasteiger partial charge in [-0.05, 0) is 39.5 Å². The third-order valence-corrected chi connectivity index (χ3v) is 5.10. The Morgan fingerprint density at radius 2 is 1.67 bits per heavy atom. The minimum atomic E-state index is -3.01. The molecule has 0 amide bonds. The zero-order valence-electron chi connectivity index (χ0n) is 10.6. The first-order chi connectivity index (χ1) is 6.56. The van der Waals surface area contributed by atoms with Gasteiger partial charge in [-0.2, -0.15) is 0 Å². The quantitative estimate of drug-likeness (QED) is 0.792. The summed E-state index contributed by atoms with van der Waals surface area (Å²) in [5, 5.41) is 0. The Hall–Kier alpha value is -0.0900. The number of sulfone groups is 1. The van der Waals surface area contributed by atoms with Crippen molar-refractivity contribution in [1.29, 1.82) is 0 Å². The molecule has 15 heavy (non-hydrogen) atoms. The topological polar surface area (TPSA) is 60.2 Å². The van der Waals surface area contributed by atoms with Gasteiger partial charge in [0.15, 0.2) is 9.84 Å². The van der Waals surface area contributed by atoms with Crippen molar-refractivity contribution in [2.75, 3.05) is 5.75 Å². The van der Waals surface area contributed by atoms with E-state index in [0.29, 0.717) is 12.3 Å². The lowest BCUT2D eigenvalue weighted by atomic mass is 10.0. The van der Waals surface area contributed by atoms with Crippen LogP contribution in [0.15, 0.2) is 0 Å². The first kappa shape index (κ1) is 14.9. The molecule has 0 aromatic carbocycles. The highest BCUT2D eigenvalue weighted by atomic mass is 32.2. The van der Waals surface area contributed by atoms with E-state index in [1.807, 2.05) is 0 Å². The molecule has 92 valence electrons. The Bertz CT molecular complexity index is 275. The van der Waals surface area contributed by atoms with Crippen molar-refractivity contribution in [3.63, 3.8) is 0 Å². The van der Waals surface area contributed by atoms with Crippen LogP contribution in [0.5, 0.6) is 0 Å². The van der Waals surface area contributed by atoms with Crippen molar-refractivity contribution >= 4 is 9.84 Å². The summed E-state index contributed by atoms with van der Waals surface area (Å²) in [6.45, 7) is 9.39. The predicted molar refractivity (Wildman–Crippen MR) is 65.6 cm³/mol. The second-order valence-electron chi connectivity index (χ2n) is 5.61. The third kappa shape index (κ3) is 5.52. The molecule has 0 aromatic heterocycles. The minimum Gasteiger partial charge on any atom is -0.328 e. The maximum atomic E-state index is 11.8. The molecule has 1 unspecified atom stereocenters. The van der Waals surface area contributed by atoms with Gasteiger partial charge in [0.1, 0.15) is 0 Å². The van der Waals surface area contributed by atoms with Crippen LogP contribution in [0.25, 0.3) is 0 Å². The normalized spacial score (nSPS) is 15.7. The van der Waals surface area contributed by atoms with Crippen molar-refractivity contribution in [1.82, 2.24) is 0 Å². The highest BCUT2D eigenvalue weighted by molar-refractivity contribution is 7.92. The van der Waals surface area contributed by atoms with Gasteiger partial charge in [0.2, 0.25) is 0 Å². The number of hydrogen-bond donors (Lipinski definition) is 1. The van der Waals surface area contributed by atoms with Gasteiger partial charge >= 0.3 is 0 Å². The van der Waals surface area contributed by atoms with Crippen LogP contribution in [-0.2, 0) is 9.84 Å². The van der Waals surface area contributed by atoms with Crippen LogP contribution in [0.1, 0.15) is 47.5 Å². The maximum Gasteiger partial charge on any atom is 0.155 e. The third-order valence-electron chi connectivity index (χ3n) is 2.46. The molecule has 0 aromatic rings. The van der Waals surface area contributed by atoms with Gasteiger partial charge in [0.25, 0.3) is 0 Å². The zero-order valence-corrected chi connectivity index (χ0v) is 11.4. The maximum absolute atomic E-state index is 11.8. The van der Waals surface area contributed by atoms with E-state index in [2.05, 4.69) is 13.8 Å². The molecule has 0 radical (unpaired) electrons. The van der Waals surface area contributed by atoms with Crippen molar-refractivity contribution in [2.24, 2.45) is 11.7 Å². The van der Waals surface area contributed by atoms with Crippen LogP contribution in [0.3, 0.4) is 0 Å². The summed E-state index contributed by atoms with van der Waals surface area (Å²) < 4.78 is 22.9. The van der Waals surface area contributed by atoms with Crippen LogP contribution >= 0.6 is 0 Å². The van der Waals surface area contributed by atoms with E-state index in [9.17, 15) is 8.42 Å². The fourth-order valence-electron chi connectivity index (χ4n) is 1.34. The molecule has 3 nitrogen and oxygen atoms in total. The first-order valence-electron chi connectivity index (χ1n) is 5.54. The molecule has 0 aliphatic carbocycles. The van der Waals surface area contributed by atoms with Gasteiger partial charge in [-0.3, -0.25) is 0 Å². The van der Waals surface area contributed by atoms with Crippen molar-refractivity contribution in [3.8, 4) is 0 Å². The second-order valence-corrected chi connectivity index (χ2v) is 8.47. The molecule has 0 aliphatic heterocycles. The number of rotatable bonds is 5. The fourth-order valence-corrected chi connectivity index (χ4v) is 2.56. The van der Waals surface area contributed by atoms with Gasteiger partial charge in [-0.25, -0.2) is 8.42 Å². The molecular formula is C11H25NO2S. The van der Waals surface area contributed by atoms with Crippen LogP contribution < -0.4 is 5.73 Å².